The van der Waals surface area contributed by atoms with Crippen LogP contribution >= 0.6 is 11.3 Å². The van der Waals surface area contributed by atoms with Crippen LogP contribution in [0.15, 0.2) is 71.3 Å². The molecule has 5 atom stereocenters. The summed E-state index contributed by atoms with van der Waals surface area (Å²) in [5, 5.41) is 28.2. The molecule has 11 heteroatoms. The number of ether oxygens (including phenoxy) is 2. The lowest BCUT2D eigenvalue weighted by atomic mass is 9.90. The van der Waals surface area contributed by atoms with Gasteiger partial charge in [-0.2, -0.15) is 0 Å². The van der Waals surface area contributed by atoms with Crippen molar-refractivity contribution >= 4 is 45.0 Å². The summed E-state index contributed by atoms with van der Waals surface area (Å²) in [5.41, 5.74) is 4.70. The number of rotatable bonds is 5. The number of aryl methyl sites for hydroxylation is 1. The molecule has 1 aliphatic carbocycles. The molecule has 4 rings (SSSR count). The predicted octanol–water partition coefficient (Wildman–Crippen LogP) is 6.21. The molecule has 48 heavy (non-hydrogen) atoms. The number of aromatic hydroxyl groups is 1. The van der Waals surface area contributed by atoms with Crippen LogP contribution in [0.2, 0.25) is 0 Å². The van der Waals surface area contributed by atoms with Crippen molar-refractivity contribution in [2.24, 2.45) is 5.92 Å². The van der Waals surface area contributed by atoms with Crippen LogP contribution in [0, 0.1) is 5.92 Å². The van der Waals surface area contributed by atoms with Gasteiger partial charge in [-0.25, -0.2) is 9.78 Å². The SMILES string of the molecule is COC1C=C/C=C/C=C/CC(OC(=O)C(C)NC(=O)C2=CCCCC2)C(C)C(O)/C(C)=C\CCc2c(O)c(cc3ncsc23)NC(=O)C1. The first-order valence-corrected chi connectivity index (χ1v) is 17.4. The number of aromatic nitrogens is 1. The molecule has 2 aromatic rings. The Hall–Kier alpha value is -4.06. The number of carbonyl (C=O) groups excluding carboxylic acids is 3. The zero-order chi connectivity index (χ0) is 34.6. The second kappa shape index (κ2) is 17.9. The maximum Gasteiger partial charge on any atom is 0.328 e. The van der Waals surface area contributed by atoms with Crippen molar-refractivity contribution in [1.29, 1.82) is 0 Å². The van der Waals surface area contributed by atoms with Gasteiger partial charge in [-0.3, -0.25) is 9.59 Å². The molecule has 1 aromatic carbocycles. The number of nitrogens with zero attached hydrogens (tertiary/aromatic N) is 1. The van der Waals surface area contributed by atoms with E-state index in [0.717, 1.165) is 24.0 Å². The highest BCUT2D eigenvalue weighted by molar-refractivity contribution is 7.17. The lowest BCUT2D eigenvalue weighted by molar-refractivity contribution is -0.156. The van der Waals surface area contributed by atoms with Gasteiger partial charge in [0.1, 0.15) is 17.9 Å². The minimum Gasteiger partial charge on any atom is -0.505 e. The summed E-state index contributed by atoms with van der Waals surface area (Å²) < 4.78 is 12.2. The van der Waals surface area contributed by atoms with Crippen molar-refractivity contribution in [3.63, 3.8) is 0 Å². The largest absolute Gasteiger partial charge is 0.505 e. The second-order valence-corrected chi connectivity index (χ2v) is 13.2. The summed E-state index contributed by atoms with van der Waals surface area (Å²) in [6, 6.07) is 0.806. The molecule has 0 fully saturated rings. The Morgan fingerprint density at radius 2 is 1.92 bits per heavy atom. The molecule has 4 N–H and O–H groups in total. The fraction of sp³-hybridized carbons (Fsp3) is 0.459. The maximum absolute atomic E-state index is 13.2. The summed E-state index contributed by atoms with van der Waals surface area (Å²) in [7, 11) is 1.52. The summed E-state index contributed by atoms with van der Waals surface area (Å²) in [6.07, 6.45) is 17.4. The van der Waals surface area contributed by atoms with Gasteiger partial charge in [0.25, 0.3) is 0 Å². The van der Waals surface area contributed by atoms with E-state index >= 15 is 0 Å². The van der Waals surface area contributed by atoms with Gasteiger partial charge in [0, 0.05) is 30.6 Å². The number of hydrogen-bond acceptors (Lipinski definition) is 9. The van der Waals surface area contributed by atoms with E-state index in [-0.39, 0.29) is 29.7 Å². The zero-order valence-corrected chi connectivity index (χ0v) is 28.9. The van der Waals surface area contributed by atoms with Crippen LogP contribution in [0.4, 0.5) is 5.69 Å². The molecule has 258 valence electrons. The Kier molecular flexibility index (Phi) is 13.7. The number of allylic oxidation sites excluding steroid dienone is 6. The number of fused-ring (bicyclic) bond motifs is 4. The first-order valence-electron chi connectivity index (χ1n) is 16.5. The van der Waals surface area contributed by atoms with E-state index in [0.29, 0.717) is 47.9 Å². The highest BCUT2D eigenvalue weighted by atomic mass is 32.1. The van der Waals surface area contributed by atoms with E-state index in [9.17, 15) is 24.6 Å². The van der Waals surface area contributed by atoms with Gasteiger partial charge >= 0.3 is 5.97 Å². The van der Waals surface area contributed by atoms with Gasteiger partial charge in [-0.15, -0.1) is 11.3 Å². The van der Waals surface area contributed by atoms with Crippen LogP contribution < -0.4 is 10.6 Å². The topological polar surface area (TPSA) is 147 Å². The number of aliphatic hydroxyl groups is 1. The number of hydrogen-bond donors (Lipinski definition) is 4. The van der Waals surface area contributed by atoms with Gasteiger partial charge < -0.3 is 30.3 Å². The molecule has 10 nitrogen and oxygen atoms in total. The number of phenols is 1. The van der Waals surface area contributed by atoms with Gasteiger partial charge in [0.15, 0.2) is 0 Å². The third-order valence-corrected chi connectivity index (χ3v) is 9.68. The second-order valence-electron chi connectivity index (χ2n) is 12.3. The molecule has 0 saturated heterocycles. The number of aliphatic hydroxyl groups excluding tert-OH is 1. The van der Waals surface area contributed by atoms with Crippen molar-refractivity contribution < 1.29 is 34.1 Å². The number of nitrogens with one attached hydrogen (secondary N) is 2. The number of anilines is 1. The van der Waals surface area contributed by atoms with E-state index in [4.69, 9.17) is 9.47 Å². The molecule has 2 bridgehead atoms. The molecule has 0 radical (unpaired) electrons. The average molecular weight is 678 g/mol. The molecule has 0 spiro atoms. The van der Waals surface area contributed by atoms with Crippen molar-refractivity contribution in [3.8, 4) is 5.75 Å². The summed E-state index contributed by atoms with van der Waals surface area (Å²) in [4.78, 5) is 43.2. The highest BCUT2D eigenvalue weighted by Crippen LogP contribution is 2.38. The normalized spacial score (nSPS) is 26.1. The Morgan fingerprint density at radius 1 is 1.12 bits per heavy atom. The van der Waals surface area contributed by atoms with Crippen LogP contribution in [0.1, 0.15) is 71.3 Å². The van der Waals surface area contributed by atoms with Gasteiger partial charge in [0.2, 0.25) is 11.8 Å². The third kappa shape index (κ3) is 9.98. The quantitative estimate of drug-likeness (QED) is 0.166. The lowest BCUT2D eigenvalue weighted by Gasteiger charge is -2.29. The van der Waals surface area contributed by atoms with Crippen molar-refractivity contribution in [2.75, 3.05) is 12.4 Å². The van der Waals surface area contributed by atoms with E-state index in [1.807, 2.05) is 38.2 Å². The monoisotopic (exact) mass is 677 g/mol. The van der Waals surface area contributed by atoms with Crippen LogP contribution in [-0.2, 0) is 30.3 Å². The van der Waals surface area contributed by atoms with Crippen LogP contribution in [-0.4, -0.2) is 64.4 Å². The number of esters is 1. The molecule has 5 unspecified atom stereocenters. The molecular weight excluding hydrogens is 630 g/mol. The third-order valence-electron chi connectivity index (χ3n) is 8.78. The number of carbonyl (C=O) groups is 3. The Bertz CT molecular complexity index is 1610. The average Bonchev–Trinajstić information content (AvgIpc) is 3.55. The minimum atomic E-state index is -0.922. The summed E-state index contributed by atoms with van der Waals surface area (Å²) in [6.45, 7) is 5.27. The molecule has 2 amide bonds. The van der Waals surface area contributed by atoms with E-state index < -0.39 is 36.2 Å². The Labute approximate surface area is 286 Å². The van der Waals surface area contributed by atoms with E-state index in [1.54, 1.807) is 42.8 Å². The van der Waals surface area contributed by atoms with Crippen molar-refractivity contribution in [2.45, 2.75) is 96.5 Å². The minimum absolute atomic E-state index is 0.0163. The number of thiazole rings is 1. The fourth-order valence-electron chi connectivity index (χ4n) is 5.80. The zero-order valence-electron chi connectivity index (χ0n) is 28.1. The Morgan fingerprint density at radius 3 is 2.67 bits per heavy atom. The smallest absolute Gasteiger partial charge is 0.328 e. The first-order chi connectivity index (χ1) is 23.1. The molecular formula is C37H47N3O7S. The molecule has 2 aliphatic rings. The van der Waals surface area contributed by atoms with Crippen LogP contribution in [0.25, 0.3) is 10.2 Å². The number of amides is 2. The summed E-state index contributed by atoms with van der Waals surface area (Å²) >= 11 is 1.41. The first kappa shape index (κ1) is 36.8. The number of methoxy groups -OCH3 is 1. The fourth-order valence-corrected chi connectivity index (χ4v) is 6.65. The predicted molar refractivity (Wildman–Crippen MR) is 189 cm³/mol. The lowest BCUT2D eigenvalue weighted by Crippen LogP contribution is -2.43. The molecule has 1 aromatic heterocycles. The summed E-state index contributed by atoms with van der Waals surface area (Å²) in [5.74, 6) is -1.62. The Balaban J connectivity index is 1.57. The number of benzene rings is 1. The van der Waals surface area contributed by atoms with Crippen molar-refractivity contribution in [1.82, 2.24) is 10.3 Å². The highest BCUT2D eigenvalue weighted by Gasteiger charge is 2.30. The van der Waals surface area contributed by atoms with Crippen LogP contribution in [0.5, 0.6) is 5.75 Å². The maximum atomic E-state index is 13.2. The standard InChI is InChI=1S/C37H47N3O7S/c1-23-14-13-18-28-34(43)29(21-30-35(28)48-22-38-30)40-32(41)20-27(46-4)17-11-6-5-7-12-19-31(24(2)33(23)42)47-37(45)25(3)39-36(44)26-15-9-8-10-16-26/h5-7,11-12,14-15,17,21-22,24-25,27,31,33,42-43H,8-10,13,16,18-20H2,1-4H3,(H,39,44)(H,40,41)/b6-5+,12-7+,17-11?,23-14-. The molecule has 1 aliphatic heterocycles. The van der Waals surface area contributed by atoms with Crippen molar-refractivity contribution in [3.05, 3.63) is 76.9 Å². The van der Waals surface area contributed by atoms with Gasteiger partial charge in [-0.1, -0.05) is 55.5 Å². The van der Waals surface area contributed by atoms with E-state index in [2.05, 4.69) is 15.6 Å². The van der Waals surface area contributed by atoms with E-state index in [1.165, 1.54) is 18.4 Å². The number of phenolic OH excluding ortho intramolecular Hbond substituents is 1. The van der Waals surface area contributed by atoms with Crippen LogP contribution in [0.3, 0.4) is 0 Å². The van der Waals surface area contributed by atoms with Gasteiger partial charge in [-0.05, 0) is 64.0 Å². The molecule has 2 heterocycles. The molecule has 0 saturated carbocycles. The van der Waals surface area contributed by atoms with Gasteiger partial charge in [0.05, 0.1) is 40.0 Å².